The van der Waals surface area contributed by atoms with Crippen molar-refractivity contribution >= 4 is 5.97 Å². The summed E-state index contributed by atoms with van der Waals surface area (Å²) in [6.07, 6.45) is 5.37. The Morgan fingerprint density at radius 1 is 1.10 bits per heavy atom. The van der Waals surface area contributed by atoms with Gasteiger partial charge in [0.2, 0.25) is 0 Å². The summed E-state index contributed by atoms with van der Waals surface area (Å²) in [5, 5.41) is 9.85. The number of rotatable bonds is 11. The molecule has 20 heavy (non-hydrogen) atoms. The molecular weight excluding hydrogens is 252 g/mol. The van der Waals surface area contributed by atoms with Gasteiger partial charge in [-0.3, -0.25) is 0 Å². The third-order valence-electron chi connectivity index (χ3n) is 4.43. The van der Waals surface area contributed by atoms with Crippen LogP contribution in [0.25, 0.3) is 0 Å². The zero-order chi connectivity index (χ0) is 15.8. The number of carboxylic acid groups (broad SMARTS) is 1. The van der Waals surface area contributed by atoms with Gasteiger partial charge in [0.15, 0.2) is 5.60 Å². The zero-order valence-corrected chi connectivity index (χ0v) is 14.3. The second kappa shape index (κ2) is 8.66. The predicted octanol–water partition coefficient (Wildman–Crippen LogP) is 4.89. The molecule has 0 heterocycles. The van der Waals surface area contributed by atoms with Crippen molar-refractivity contribution in [2.45, 2.75) is 85.7 Å². The van der Waals surface area contributed by atoms with Gasteiger partial charge >= 0.3 is 5.97 Å². The maximum absolute atomic E-state index is 12.0. The van der Waals surface area contributed by atoms with E-state index in [4.69, 9.17) is 4.74 Å². The van der Waals surface area contributed by atoms with Crippen molar-refractivity contribution in [3.63, 3.8) is 0 Å². The summed E-state index contributed by atoms with van der Waals surface area (Å²) in [7, 11) is 0. The molecule has 1 N–H and O–H groups in total. The Labute approximate surface area is 125 Å². The molecule has 0 saturated carbocycles. The van der Waals surface area contributed by atoms with Gasteiger partial charge in [0.25, 0.3) is 0 Å². The van der Waals surface area contributed by atoms with Crippen LogP contribution in [0.2, 0.25) is 0 Å². The zero-order valence-electron chi connectivity index (χ0n) is 14.3. The van der Waals surface area contributed by atoms with Crippen LogP contribution in [-0.4, -0.2) is 23.3 Å². The van der Waals surface area contributed by atoms with Crippen molar-refractivity contribution in [2.24, 2.45) is 11.3 Å². The van der Waals surface area contributed by atoms with E-state index in [-0.39, 0.29) is 11.3 Å². The largest absolute Gasteiger partial charge is 0.479 e. The SMILES string of the molecule is CCCOC(CC)(C(=O)O)C(CCC)C(C)(C)CCC. The molecule has 3 nitrogen and oxygen atoms in total. The Morgan fingerprint density at radius 2 is 1.70 bits per heavy atom. The van der Waals surface area contributed by atoms with Gasteiger partial charge < -0.3 is 9.84 Å². The Hall–Kier alpha value is -0.570. The van der Waals surface area contributed by atoms with E-state index in [0.29, 0.717) is 13.0 Å². The highest BCUT2D eigenvalue weighted by Crippen LogP contribution is 2.45. The van der Waals surface area contributed by atoms with E-state index in [1.54, 1.807) is 0 Å². The van der Waals surface area contributed by atoms with E-state index in [1.807, 2.05) is 13.8 Å². The van der Waals surface area contributed by atoms with Crippen LogP contribution in [0.1, 0.15) is 80.1 Å². The molecule has 0 aliphatic heterocycles. The standard InChI is InChI=1S/C17H34O3/c1-7-11-14(16(5,6)12-8-2)17(10-4,15(18)19)20-13-9-3/h14H,7-13H2,1-6H3,(H,18,19). The lowest BCUT2D eigenvalue weighted by Gasteiger charge is -2.45. The fourth-order valence-corrected chi connectivity index (χ4v) is 3.46. The molecule has 0 aromatic heterocycles. The number of ether oxygens (including phenoxy) is 1. The monoisotopic (exact) mass is 286 g/mol. The Bertz CT molecular complexity index is 286. The molecule has 0 fully saturated rings. The van der Waals surface area contributed by atoms with E-state index in [0.717, 1.165) is 32.1 Å². The molecular formula is C17H34O3. The fourth-order valence-electron chi connectivity index (χ4n) is 3.46. The number of carboxylic acids is 1. The molecule has 120 valence electrons. The smallest absolute Gasteiger partial charge is 0.336 e. The van der Waals surface area contributed by atoms with Crippen molar-refractivity contribution in [1.82, 2.24) is 0 Å². The molecule has 0 saturated heterocycles. The van der Waals surface area contributed by atoms with Gasteiger partial charge in [0, 0.05) is 12.5 Å². The molecule has 0 rings (SSSR count). The van der Waals surface area contributed by atoms with Crippen LogP contribution >= 0.6 is 0 Å². The number of hydrogen-bond acceptors (Lipinski definition) is 2. The van der Waals surface area contributed by atoms with Crippen molar-refractivity contribution in [1.29, 1.82) is 0 Å². The van der Waals surface area contributed by atoms with Crippen LogP contribution in [0, 0.1) is 11.3 Å². The summed E-state index contributed by atoms with van der Waals surface area (Å²) in [5.41, 5.74) is -1.06. The molecule has 3 heteroatoms. The summed E-state index contributed by atoms with van der Waals surface area (Å²) in [5.74, 6) is -0.745. The second-order valence-electron chi connectivity index (χ2n) is 6.48. The van der Waals surface area contributed by atoms with Crippen LogP contribution in [-0.2, 0) is 9.53 Å². The molecule has 2 atom stereocenters. The van der Waals surface area contributed by atoms with E-state index in [1.165, 1.54) is 0 Å². The maximum Gasteiger partial charge on any atom is 0.336 e. The Kier molecular flexibility index (Phi) is 8.41. The molecule has 0 aromatic carbocycles. The van der Waals surface area contributed by atoms with E-state index in [9.17, 15) is 9.90 Å². The van der Waals surface area contributed by atoms with Gasteiger partial charge in [-0.2, -0.15) is 0 Å². The third kappa shape index (κ3) is 4.47. The van der Waals surface area contributed by atoms with E-state index >= 15 is 0 Å². The lowest BCUT2D eigenvalue weighted by Crippen LogP contribution is -2.53. The summed E-state index contributed by atoms with van der Waals surface area (Å²) in [6.45, 7) is 13.1. The van der Waals surface area contributed by atoms with E-state index < -0.39 is 11.6 Å². The van der Waals surface area contributed by atoms with Crippen molar-refractivity contribution in [3.05, 3.63) is 0 Å². The minimum absolute atomic E-state index is 0.0209. The quantitative estimate of drug-likeness (QED) is 0.588. The minimum atomic E-state index is -1.04. The summed E-state index contributed by atoms with van der Waals surface area (Å²) in [4.78, 5) is 12.0. The molecule has 0 radical (unpaired) electrons. The molecule has 0 aromatic rings. The van der Waals surface area contributed by atoms with E-state index in [2.05, 4.69) is 27.7 Å². The van der Waals surface area contributed by atoms with Gasteiger partial charge in [-0.1, -0.05) is 54.4 Å². The lowest BCUT2D eigenvalue weighted by atomic mass is 9.64. The van der Waals surface area contributed by atoms with Gasteiger partial charge in [-0.05, 0) is 31.1 Å². The molecule has 0 bridgehead atoms. The van der Waals surface area contributed by atoms with Crippen molar-refractivity contribution < 1.29 is 14.6 Å². The first kappa shape index (κ1) is 19.4. The van der Waals surface area contributed by atoms with Gasteiger partial charge in [0.1, 0.15) is 0 Å². The van der Waals surface area contributed by atoms with Crippen LogP contribution in [0.5, 0.6) is 0 Å². The highest BCUT2D eigenvalue weighted by molar-refractivity contribution is 5.78. The Morgan fingerprint density at radius 3 is 2.05 bits per heavy atom. The molecule has 0 aliphatic carbocycles. The van der Waals surface area contributed by atoms with Gasteiger partial charge in [-0.25, -0.2) is 4.79 Å². The Balaban J connectivity index is 5.56. The van der Waals surface area contributed by atoms with Crippen LogP contribution in [0.15, 0.2) is 0 Å². The first-order valence-corrected chi connectivity index (χ1v) is 8.19. The normalized spacial score (nSPS) is 16.7. The first-order chi connectivity index (χ1) is 9.32. The molecule has 2 unspecified atom stereocenters. The molecule has 0 aliphatic rings. The summed E-state index contributed by atoms with van der Waals surface area (Å²) < 4.78 is 5.94. The fraction of sp³-hybridized carbons (Fsp3) is 0.941. The number of aliphatic carboxylic acids is 1. The first-order valence-electron chi connectivity index (χ1n) is 8.19. The van der Waals surface area contributed by atoms with Crippen molar-refractivity contribution in [3.8, 4) is 0 Å². The average molecular weight is 286 g/mol. The third-order valence-corrected chi connectivity index (χ3v) is 4.43. The maximum atomic E-state index is 12.0. The summed E-state index contributed by atoms with van der Waals surface area (Å²) in [6, 6.07) is 0. The lowest BCUT2D eigenvalue weighted by molar-refractivity contribution is -0.185. The molecule has 0 spiro atoms. The van der Waals surface area contributed by atoms with Crippen LogP contribution < -0.4 is 0 Å². The summed E-state index contributed by atoms with van der Waals surface area (Å²) >= 11 is 0. The highest BCUT2D eigenvalue weighted by Gasteiger charge is 2.50. The minimum Gasteiger partial charge on any atom is -0.479 e. The topological polar surface area (TPSA) is 46.5 Å². The van der Waals surface area contributed by atoms with Gasteiger partial charge in [-0.15, -0.1) is 0 Å². The second-order valence-corrected chi connectivity index (χ2v) is 6.48. The predicted molar refractivity (Wildman–Crippen MR) is 84.0 cm³/mol. The van der Waals surface area contributed by atoms with Crippen LogP contribution in [0.3, 0.4) is 0 Å². The van der Waals surface area contributed by atoms with Gasteiger partial charge in [0.05, 0.1) is 0 Å². The number of carbonyl (C=O) groups is 1. The van der Waals surface area contributed by atoms with Crippen molar-refractivity contribution in [2.75, 3.05) is 6.61 Å². The van der Waals surface area contributed by atoms with Crippen LogP contribution in [0.4, 0.5) is 0 Å². The molecule has 0 amide bonds. The highest BCUT2D eigenvalue weighted by atomic mass is 16.5. The number of hydrogen-bond donors (Lipinski definition) is 1. The average Bonchev–Trinajstić information content (AvgIpc) is 2.38.